The highest BCUT2D eigenvalue weighted by atomic mass is 16.7. The third kappa shape index (κ3) is 3.06. The Kier molecular flexibility index (Phi) is 5.31. The van der Waals surface area contributed by atoms with Gasteiger partial charge < -0.3 is 24.4 Å². The molecule has 4 saturated carbocycles. The normalized spacial score (nSPS) is 52.8. The summed E-state index contributed by atoms with van der Waals surface area (Å²) in [6.45, 7) is 6.64. The predicted octanol–water partition coefficient (Wildman–Crippen LogP) is 3.51. The third-order valence-corrected chi connectivity index (χ3v) is 10.1. The lowest BCUT2D eigenvalue weighted by Gasteiger charge is -2.64. The van der Waals surface area contributed by atoms with Crippen molar-refractivity contribution in [3.8, 4) is 0 Å². The summed E-state index contributed by atoms with van der Waals surface area (Å²) in [7, 11) is 0. The second-order valence-corrected chi connectivity index (χ2v) is 11.2. The molecule has 0 aromatic carbocycles. The van der Waals surface area contributed by atoms with Gasteiger partial charge in [-0.25, -0.2) is 0 Å². The molecule has 0 aromatic heterocycles. The van der Waals surface area contributed by atoms with Crippen molar-refractivity contribution >= 4 is 0 Å². The van der Waals surface area contributed by atoms with E-state index in [1.807, 2.05) is 0 Å². The molecule has 8 atom stereocenters. The van der Waals surface area contributed by atoms with E-state index < -0.39 is 5.60 Å². The molecule has 0 radical (unpaired) electrons. The Morgan fingerprint density at radius 3 is 2.55 bits per heavy atom. The Labute approximate surface area is 175 Å². The van der Waals surface area contributed by atoms with Gasteiger partial charge in [-0.15, -0.1) is 0 Å². The van der Waals surface area contributed by atoms with Crippen LogP contribution in [-0.2, 0) is 14.2 Å². The van der Waals surface area contributed by atoms with E-state index in [1.165, 1.54) is 32.1 Å². The highest BCUT2D eigenvalue weighted by Gasteiger charge is 2.65. The Bertz CT molecular complexity index is 606. The standard InChI is InChI=1S/C24H40O5/c1-22-7-3-8-24(22,26)19-5-4-16-14-20(27-11-10-25)17(21-28-12-13-29-21)15-23(16,2)18(19)6-9-22/h16-21,25-26H,3-15H2,1-2H3/t16-,17?,18+,19-,20-,22+,23+,24+/m1/s1. The molecule has 5 heteroatoms. The van der Waals surface area contributed by atoms with Crippen LogP contribution in [0.4, 0.5) is 0 Å². The van der Waals surface area contributed by atoms with E-state index in [0.29, 0.717) is 37.6 Å². The van der Waals surface area contributed by atoms with E-state index in [9.17, 15) is 10.2 Å². The van der Waals surface area contributed by atoms with Crippen LogP contribution in [0.15, 0.2) is 0 Å². The van der Waals surface area contributed by atoms with Crippen molar-refractivity contribution in [3.05, 3.63) is 0 Å². The summed E-state index contributed by atoms with van der Waals surface area (Å²) in [4.78, 5) is 0. The van der Waals surface area contributed by atoms with Crippen LogP contribution in [0.1, 0.15) is 71.6 Å². The zero-order valence-corrected chi connectivity index (χ0v) is 18.3. The number of aliphatic hydroxyl groups excluding tert-OH is 1. The molecule has 5 fully saturated rings. The van der Waals surface area contributed by atoms with Gasteiger partial charge in [0.1, 0.15) is 0 Å². The molecular weight excluding hydrogens is 368 g/mol. The largest absolute Gasteiger partial charge is 0.394 e. The second-order valence-electron chi connectivity index (χ2n) is 11.2. The van der Waals surface area contributed by atoms with Gasteiger partial charge in [0.05, 0.1) is 38.1 Å². The van der Waals surface area contributed by atoms with Gasteiger partial charge in [-0.1, -0.05) is 13.8 Å². The summed E-state index contributed by atoms with van der Waals surface area (Å²) in [6.07, 6.45) is 10.1. The fourth-order valence-corrected chi connectivity index (χ4v) is 8.58. The number of ether oxygens (including phenoxy) is 3. The van der Waals surface area contributed by atoms with E-state index in [0.717, 1.165) is 25.7 Å². The van der Waals surface area contributed by atoms with Crippen LogP contribution in [0.5, 0.6) is 0 Å². The molecule has 29 heavy (non-hydrogen) atoms. The first kappa shape index (κ1) is 20.7. The van der Waals surface area contributed by atoms with Crippen molar-refractivity contribution in [3.63, 3.8) is 0 Å². The van der Waals surface area contributed by atoms with Crippen LogP contribution < -0.4 is 0 Å². The quantitative estimate of drug-likeness (QED) is 0.745. The minimum Gasteiger partial charge on any atom is -0.394 e. The minimum absolute atomic E-state index is 0.0633. The van der Waals surface area contributed by atoms with E-state index >= 15 is 0 Å². The SMILES string of the molecule is C[C@]12CC(C3OCCO3)[C@H](OCCO)C[C@H]1CC[C@@H]1[C@@H]2CC[C@]2(C)CCC[C@]12O. The monoisotopic (exact) mass is 408 g/mol. The lowest BCUT2D eigenvalue weighted by Crippen LogP contribution is -2.62. The van der Waals surface area contributed by atoms with Gasteiger partial charge in [0.15, 0.2) is 6.29 Å². The highest BCUT2D eigenvalue weighted by molar-refractivity contribution is 5.15. The van der Waals surface area contributed by atoms with E-state index in [-0.39, 0.29) is 35.7 Å². The molecule has 1 unspecified atom stereocenters. The molecule has 5 aliphatic rings. The van der Waals surface area contributed by atoms with Crippen molar-refractivity contribution in [2.45, 2.75) is 89.6 Å². The first-order chi connectivity index (χ1) is 13.9. The Balaban J connectivity index is 1.43. The first-order valence-electron chi connectivity index (χ1n) is 12.1. The molecule has 5 nitrogen and oxygen atoms in total. The van der Waals surface area contributed by atoms with Crippen LogP contribution in [0.2, 0.25) is 0 Å². The minimum atomic E-state index is -0.468. The Hall–Kier alpha value is -0.200. The molecule has 0 amide bonds. The molecule has 5 rings (SSSR count). The molecule has 0 bridgehead atoms. The molecule has 0 aromatic rings. The van der Waals surface area contributed by atoms with Gasteiger partial charge in [0.2, 0.25) is 0 Å². The molecule has 4 aliphatic carbocycles. The van der Waals surface area contributed by atoms with E-state index in [4.69, 9.17) is 14.2 Å². The third-order valence-electron chi connectivity index (χ3n) is 10.1. The number of fused-ring (bicyclic) bond motifs is 5. The van der Waals surface area contributed by atoms with Crippen molar-refractivity contribution in [1.29, 1.82) is 0 Å². The summed E-state index contributed by atoms with van der Waals surface area (Å²) in [5, 5.41) is 21.2. The lowest BCUT2D eigenvalue weighted by atomic mass is 9.43. The van der Waals surface area contributed by atoms with Crippen molar-refractivity contribution in [2.24, 2.45) is 34.5 Å². The number of aliphatic hydroxyl groups is 2. The summed E-state index contributed by atoms with van der Waals surface area (Å²) in [5.74, 6) is 1.86. The van der Waals surface area contributed by atoms with Crippen LogP contribution in [0.3, 0.4) is 0 Å². The second kappa shape index (κ2) is 7.44. The van der Waals surface area contributed by atoms with Crippen molar-refractivity contribution in [2.75, 3.05) is 26.4 Å². The predicted molar refractivity (Wildman–Crippen MR) is 109 cm³/mol. The Morgan fingerprint density at radius 1 is 1.00 bits per heavy atom. The van der Waals surface area contributed by atoms with E-state index in [1.54, 1.807) is 0 Å². The van der Waals surface area contributed by atoms with Crippen LogP contribution >= 0.6 is 0 Å². The average Bonchev–Trinajstić information content (AvgIpc) is 3.33. The highest BCUT2D eigenvalue weighted by Crippen LogP contribution is 2.68. The van der Waals surface area contributed by atoms with Gasteiger partial charge in [0.25, 0.3) is 0 Å². The zero-order valence-electron chi connectivity index (χ0n) is 18.3. The van der Waals surface area contributed by atoms with Crippen LogP contribution in [-0.4, -0.2) is 54.6 Å². The number of rotatable bonds is 4. The topological polar surface area (TPSA) is 68.2 Å². The average molecular weight is 409 g/mol. The molecule has 1 aliphatic heterocycles. The van der Waals surface area contributed by atoms with Crippen molar-refractivity contribution in [1.82, 2.24) is 0 Å². The molecule has 166 valence electrons. The Morgan fingerprint density at radius 2 is 1.79 bits per heavy atom. The van der Waals surface area contributed by atoms with Crippen LogP contribution in [0, 0.1) is 34.5 Å². The van der Waals surface area contributed by atoms with Gasteiger partial charge in [0, 0.05) is 5.92 Å². The maximum atomic E-state index is 11.9. The molecule has 1 heterocycles. The van der Waals surface area contributed by atoms with Gasteiger partial charge in [-0.2, -0.15) is 0 Å². The molecule has 2 N–H and O–H groups in total. The fourth-order valence-electron chi connectivity index (χ4n) is 8.58. The van der Waals surface area contributed by atoms with Crippen molar-refractivity contribution < 1.29 is 24.4 Å². The summed E-state index contributed by atoms with van der Waals surface area (Å²) in [5.41, 5.74) is -0.137. The number of hydrogen-bond donors (Lipinski definition) is 2. The summed E-state index contributed by atoms with van der Waals surface area (Å²) < 4.78 is 18.0. The molecular formula is C24H40O5. The molecule has 0 spiro atoms. The zero-order chi connectivity index (χ0) is 20.3. The van der Waals surface area contributed by atoms with Gasteiger partial charge >= 0.3 is 0 Å². The lowest BCUT2D eigenvalue weighted by molar-refractivity contribution is -0.229. The number of hydrogen-bond acceptors (Lipinski definition) is 5. The molecule has 1 saturated heterocycles. The smallest absolute Gasteiger partial charge is 0.163 e. The maximum absolute atomic E-state index is 11.9. The maximum Gasteiger partial charge on any atom is 0.163 e. The van der Waals surface area contributed by atoms with Gasteiger partial charge in [-0.3, -0.25) is 0 Å². The van der Waals surface area contributed by atoms with E-state index in [2.05, 4.69) is 13.8 Å². The fraction of sp³-hybridized carbons (Fsp3) is 1.00. The van der Waals surface area contributed by atoms with Crippen LogP contribution in [0.25, 0.3) is 0 Å². The van der Waals surface area contributed by atoms with Gasteiger partial charge in [-0.05, 0) is 86.4 Å². The first-order valence-corrected chi connectivity index (χ1v) is 12.1. The summed E-state index contributed by atoms with van der Waals surface area (Å²) >= 11 is 0. The summed E-state index contributed by atoms with van der Waals surface area (Å²) in [6, 6.07) is 0.